The molecule has 0 bridgehead atoms. The van der Waals surface area contributed by atoms with E-state index in [2.05, 4.69) is 41.4 Å². The topological polar surface area (TPSA) is 41.6 Å². The van der Waals surface area contributed by atoms with E-state index in [1.165, 1.54) is 11.1 Å². The van der Waals surface area contributed by atoms with Crippen LogP contribution in [0.15, 0.2) is 42.5 Å². The van der Waals surface area contributed by atoms with E-state index in [0.717, 1.165) is 37.2 Å². The average Bonchev–Trinajstić information content (AvgIpc) is 2.96. The number of nitrogens with zero attached hydrogens (tertiary/aromatic N) is 1. The molecule has 1 aliphatic heterocycles. The summed E-state index contributed by atoms with van der Waals surface area (Å²) in [6.45, 7) is 4.33. The summed E-state index contributed by atoms with van der Waals surface area (Å²) in [6.07, 6.45) is 2.44. The van der Waals surface area contributed by atoms with E-state index in [1.807, 2.05) is 18.2 Å². The lowest BCUT2D eigenvalue weighted by atomic mass is 10.1. The summed E-state index contributed by atoms with van der Waals surface area (Å²) in [6, 6.07) is 14.4. The van der Waals surface area contributed by atoms with Gasteiger partial charge in [-0.3, -0.25) is 9.69 Å². The second kappa shape index (κ2) is 7.91. The van der Waals surface area contributed by atoms with Crippen LogP contribution in [0.1, 0.15) is 30.0 Å². The number of ether oxygens (including phenoxy) is 1. The Labute approximate surface area is 165 Å². The second-order valence-corrected chi connectivity index (χ2v) is 8.04. The molecule has 1 heterocycles. The molecule has 1 unspecified atom stereocenters. The Bertz CT molecular complexity index is 814. The number of halogens is 1. The predicted molar refractivity (Wildman–Crippen MR) is 107 cm³/mol. The molecule has 1 N–H and O–H groups in total. The van der Waals surface area contributed by atoms with Crippen LogP contribution in [0.4, 0.5) is 0 Å². The van der Waals surface area contributed by atoms with Crippen molar-refractivity contribution in [3.05, 3.63) is 64.2 Å². The molecule has 2 aromatic rings. The van der Waals surface area contributed by atoms with Gasteiger partial charge in [0.2, 0.25) is 5.91 Å². The number of rotatable bonds is 4. The Kier molecular flexibility index (Phi) is 5.37. The predicted octanol–water partition coefficient (Wildman–Crippen LogP) is 3.60. The zero-order valence-corrected chi connectivity index (χ0v) is 16.3. The van der Waals surface area contributed by atoms with Crippen LogP contribution in [-0.4, -0.2) is 36.0 Å². The van der Waals surface area contributed by atoms with Crippen molar-refractivity contribution in [3.8, 4) is 5.75 Å². The highest BCUT2D eigenvalue weighted by Crippen LogP contribution is 2.28. The molecule has 0 radical (unpaired) electrons. The Hall–Kier alpha value is -2.04. The largest absolute Gasteiger partial charge is 0.489 e. The van der Waals surface area contributed by atoms with Gasteiger partial charge in [0.05, 0.1) is 0 Å². The van der Waals surface area contributed by atoms with Crippen LogP contribution in [0, 0.1) is 0 Å². The van der Waals surface area contributed by atoms with Gasteiger partial charge in [0.1, 0.15) is 11.9 Å². The number of carbonyl (C=O) groups is 1. The molecule has 0 saturated carbocycles. The highest BCUT2D eigenvalue weighted by atomic mass is 35.5. The number of benzene rings is 2. The Morgan fingerprint density at radius 1 is 1.19 bits per heavy atom. The van der Waals surface area contributed by atoms with Crippen molar-refractivity contribution < 1.29 is 9.53 Å². The highest BCUT2D eigenvalue weighted by molar-refractivity contribution is 6.30. The molecule has 2 aliphatic rings. The van der Waals surface area contributed by atoms with Crippen LogP contribution in [-0.2, 0) is 24.2 Å². The number of amides is 1. The summed E-state index contributed by atoms with van der Waals surface area (Å²) in [5, 5.41) is 3.92. The summed E-state index contributed by atoms with van der Waals surface area (Å²) >= 11 is 6.14. The van der Waals surface area contributed by atoms with Crippen LogP contribution >= 0.6 is 11.6 Å². The van der Waals surface area contributed by atoms with E-state index in [4.69, 9.17) is 16.3 Å². The maximum atomic E-state index is 12.5. The normalized spacial score (nSPS) is 19.7. The van der Waals surface area contributed by atoms with E-state index in [9.17, 15) is 4.79 Å². The van der Waals surface area contributed by atoms with Crippen molar-refractivity contribution in [2.24, 2.45) is 0 Å². The van der Waals surface area contributed by atoms with Crippen molar-refractivity contribution in [2.45, 2.75) is 44.9 Å². The van der Waals surface area contributed by atoms with Gasteiger partial charge in [-0.2, -0.15) is 0 Å². The van der Waals surface area contributed by atoms with Gasteiger partial charge in [-0.05, 0) is 49.1 Å². The van der Waals surface area contributed by atoms with Crippen LogP contribution in [0.5, 0.6) is 5.75 Å². The molecule has 2 aromatic carbocycles. The van der Waals surface area contributed by atoms with Crippen LogP contribution in [0.3, 0.4) is 0 Å². The van der Waals surface area contributed by atoms with Gasteiger partial charge in [-0.25, -0.2) is 0 Å². The summed E-state index contributed by atoms with van der Waals surface area (Å²) in [7, 11) is 0. The SMILES string of the molecule is CC1CN(CCC(=O)NC2Cc3ccccc3C2)Cc2cc(Cl)ccc2O1. The maximum absolute atomic E-state index is 12.5. The van der Waals surface area contributed by atoms with Gasteiger partial charge in [-0.15, -0.1) is 0 Å². The van der Waals surface area contributed by atoms with E-state index >= 15 is 0 Å². The number of hydrogen-bond donors (Lipinski definition) is 1. The zero-order valence-electron chi connectivity index (χ0n) is 15.6. The lowest BCUT2D eigenvalue weighted by Gasteiger charge is -2.22. The Morgan fingerprint density at radius 2 is 1.93 bits per heavy atom. The Morgan fingerprint density at radius 3 is 2.67 bits per heavy atom. The van der Waals surface area contributed by atoms with Crippen molar-refractivity contribution in [1.82, 2.24) is 10.2 Å². The van der Waals surface area contributed by atoms with E-state index < -0.39 is 0 Å². The third kappa shape index (κ3) is 4.45. The van der Waals surface area contributed by atoms with Gasteiger partial charge in [-0.1, -0.05) is 35.9 Å². The van der Waals surface area contributed by atoms with Gasteiger partial charge in [0.25, 0.3) is 0 Å². The third-order valence-electron chi connectivity index (χ3n) is 5.33. The van der Waals surface area contributed by atoms with Gasteiger partial charge < -0.3 is 10.1 Å². The molecule has 4 rings (SSSR count). The van der Waals surface area contributed by atoms with Crippen LogP contribution in [0.25, 0.3) is 0 Å². The standard InChI is InChI=1S/C22H25ClN2O2/c1-15-13-25(14-18-10-19(23)6-7-21(18)27-15)9-8-22(26)24-20-11-16-4-2-3-5-17(16)12-20/h2-7,10,15,20H,8-9,11-14H2,1H3,(H,24,26). The molecule has 0 saturated heterocycles. The van der Waals surface area contributed by atoms with E-state index in [1.54, 1.807) is 0 Å². The molecular formula is C22H25ClN2O2. The first-order chi connectivity index (χ1) is 13.1. The first kappa shape index (κ1) is 18.3. The zero-order chi connectivity index (χ0) is 18.8. The first-order valence-electron chi connectivity index (χ1n) is 9.60. The minimum Gasteiger partial charge on any atom is -0.489 e. The summed E-state index contributed by atoms with van der Waals surface area (Å²) < 4.78 is 5.99. The van der Waals surface area contributed by atoms with E-state index in [-0.39, 0.29) is 18.1 Å². The minimum atomic E-state index is 0.0832. The van der Waals surface area contributed by atoms with Crippen molar-refractivity contribution >= 4 is 17.5 Å². The molecule has 4 nitrogen and oxygen atoms in total. The fourth-order valence-electron chi connectivity index (χ4n) is 4.10. The molecule has 0 aromatic heterocycles. The second-order valence-electron chi connectivity index (χ2n) is 7.61. The number of nitrogens with one attached hydrogen (secondary N) is 1. The molecule has 1 atom stereocenters. The first-order valence-corrected chi connectivity index (χ1v) is 9.98. The van der Waals surface area contributed by atoms with Gasteiger partial charge >= 0.3 is 0 Å². The lowest BCUT2D eigenvalue weighted by Crippen LogP contribution is -2.38. The molecule has 1 amide bonds. The average molecular weight is 385 g/mol. The molecule has 5 heteroatoms. The molecule has 27 heavy (non-hydrogen) atoms. The lowest BCUT2D eigenvalue weighted by molar-refractivity contribution is -0.122. The smallest absolute Gasteiger partial charge is 0.221 e. The quantitative estimate of drug-likeness (QED) is 0.875. The summed E-state index contributed by atoms with van der Waals surface area (Å²) in [5.41, 5.74) is 3.79. The third-order valence-corrected chi connectivity index (χ3v) is 5.57. The number of fused-ring (bicyclic) bond motifs is 2. The van der Waals surface area contributed by atoms with E-state index in [0.29, 0.717) is 18.0 Å². The maximum Gasteiger partial charge on any atom is 0.221 e. The molecule has 1 aliphatic carbocycles. The Balaban J connectivity index is 1.31. The number of carbonyl (C=O) groups excluding carboxylic acids is 1. The van der Waals surface area contributed by atoms with Crippen molar-refractivity contribution in [2.75, 3.05) is 13.1 Å². The fourth-order valence-corrected chi connectivity index (χ4v) is 4.30. The van der Waals surface area contributed by atoms with Gasteiger partial charge in [0.15, 0.2) is 0 Å². The molecule has 142 valence electrons. The summed E-state index contributed by atoms with van der Waals surface area (Å²) in [4.78, 5) is 14.7. The van der Waals surface area contributed by atoms with Crippen molar-refractivity contribution in [3.63, 3.8) is 0 Å². The minimum absolute atomic E-state index is 0.0832. The number of hydrogen-bond acceptors (Lipinski definition) is 3. The fraction of sp³-hybridized carbons (Fsp3) is 0.409. The van der Waals surface area contributed by atoms with Crippen LogP contribution < -0.4 is 10.1 Å². The molecular weight excluding hydrogens is 360 g/mol. The van der Waals surface area contributed by atoms with Crippen LogP contribution in [0.2, 0.25) is 5.02 Å². The van der Waals surface area contributed by atoms with Crippen molar-refractivity contribution in [1.29, 1.82) is 0 Å². The molecule has 0 spiro atoms. The molecule has 0 fully saturated rings. The van der Waals surface area contributed by atoms with Gasteiger partial charge in [0, 0.05) is 42.7 Å². The highest BCUT2D eigenvalue weighted by Gasteiger charge is 2.24. The monoisotopic (exact) mass is 384 g/mol. The summed E-state index contributed by atoms with van der Waals surface area (Å²) in [5.74, 6) is 1.01.